The average molecular weight is 289 g/mol. The highest BCUT2D eigenvalue weighted by molar-refractivity contribution is 7.93. The van der Waals surface area contributed by atoms with Gasteiger partial charge in [0.25, 0.3) is 0 Å². The molecule has 0 saturated heterocycles. The monoisotopic (exact) mass is 289 g/mol. The van der Waals surface area contributed by atoms with Crippen LogP contribution >= 0.6 is 0 Å². The van der Waals surface area contributed by atoms with E-state index in [1.807, 2.05) is 0 Å². The lowest BCUT2D eigenvalue weighted by molar-refractivity contribution is 0.0913. The highest BCUT2D eigenvalue weighted by Crippen LogP contribution is 1.91. The summed E-state index contributed by atoms with van der Waals surface area (Å²) in [5, 5.41) is 8.40. The maximum absolute atomic E-state index is 11.3. The van der Waals surface area contributed by atoms with Gasteiger partial charge in [-0.3, -0.25) is 0 Å². The third kappa shape index (κ3) is 12.0. The second-order valence-electron chi connectivity index (χ2n) is 3.53. The highest BCUT2D eigenvalue weighted by Gasteiger charge is 2.13. The van der Waals surface area contributed by atoms with E-state index in [9.17, 15) is 16.8 Å². The first kappa shape index (κ1) is 16.8. The molecule has 104 valence electrons. The van der Waals surface area contributed by atoms with Crippen molar-refractivity contribution in [3.05, 3.63) is 0 Å². The van der Waals surface area contributed by atoms with E-state index in [-0.39, 0.29) is 25.5 Å². The number of nitrogens with one attached hydrogen (secondary N) is 1. The second kappa shape index (κ2) is 7.98. The van der Waals surface area contributed by atoms with Gasteiger partial charge in [-0.25, -0.2) is 21.6 Å². The highest BCUT2D eigenvalue weighted by atomic mass is 32.2. The molecule has 0 aliphatic carbocycles. The minimum Gasteiger partial charge on any atom is -0.394 e. The quantitative estimate of drug-likeness (QED) is 0.466. The van der Waals surface area contributed by atoms with Gasteiger partial charge >= 0.3 is 0 Å². The van der Waals surface area contributed by atoms with Crippen LogP contribution in [0.1, 0.15) is 6.42 Å². The molecule has 0 aromatic carbocycles. The summed E-state index contributed by atoms with van der Waals surface area (Å²) in [4.78, 5) is 0. The fourth-order valence-electron chi connectivity index (χ4n) is 0.902. The van der Waals surface area contributed by atoms with Crippen LogP contribution in [0.15, 0.2) is 0 Å². The summed E-state index contributed by atoms with van der Waals surface area (Å²) in [5.41, 5.74) is 0. The Hall–Kier alpha value is -0.220. The third-order valence-electron chi connectivity index (χ3n) is 1.75. The van der Waals surface area contributed by atoms with Crippen LogP contribution in [0.5, 0.6) is 0 Å². The van der Waals surface area contributed by atoms with Crippen LogP contribution in [0.25, 0.3) is 0 Å². The second-order valence-corrected chi connectivity index (χ2v) is 7.72. The molecule has 0 rings (SSSR count). The molecule has 0 aliphatic heterocycles. The van der Waals surface area contributed by atoms with Gasteiger partial charge in [0.2, 0.25) is 10.0 Å². The van der Waals surface area contributed by atoms with Gasteiger partial charge in [0.05, 0.1) is 24.7 Å². The minimum absolute atomic E-state index is 0.0694. The van der Waals surface area contributed by atoms with E-state index in [1.165, 1.54) is 0 Å². The molecule has 0 aromatic heterocycles. The Labute approximate surface area is 102 Å². The third-order valence-corrected chi connectivity index (χ3v) is 4.34. The van der Waals surface area contributed by atoms with Gasteiger partial charge in [0, 0.05) is 19.4 Å². The SMILES string of the molecule is CS(=O)(=O)CCS(=O)(=O)NCCCOCCO. The normalized spacial score (nSPS) is 12.8. The number of sulfonamides is 1. The molecule has 0 saturated carbocycles. The maximum Gasteiger partial charge on any atom is 0.212 e. The van der Waals surface area contributed by atoms with E-state index in [0.29, 0.717) is 13.0 Å². The lowest BCUT2D eigenvalue weighted by atomic mass is 10.5. The standard InChI is InChI=1S/C8H19NO6S2/c1-16(11,12)7-8-17(13,14)9-3-2-5-15-6-4-10/h9-10H,2-8H2,1H3. The van der Waals surface area contributed by atoms with Crippen molar-refractivity contribution in [2.24, 2.45) is 0 Å². The number of hydrogen-bond donors (Lipinski definition) is 2. The van der Waals surface area contributed by atoms with Crippen molar-refractivity contribution in [3.8, 4) is 0 Å². The van der Waals surface area contributed by atoms with Gasteiger partial charge < -0.3 is 9.84 Å². The fraction of sp³-hybridized carbons (Fsp3) is 1.00. The van der Waals surface area contributed by atoms with Crippen molar-refractivity contribution in [2.45, 2.75) is 6.42 Å². The van der Waals surface area contributed by atoms with E-state index in [0.717, 1.165) is 6.26 Å². The molecule has 0 fully saturated rings. The lowest BCUT2D eigenvalue weighted by Crippen LogP contribution is -2.30. The number of aliphatic hydroxyl groups excluding tert-OH is 1. The molecule has 0 heterocycles. The smallest absolute Gasteiger partial charge is 0.212 e. The fourth-order valence-corrected chi connectivity index (χ4v) is 3.59. The maximum atomic E-state index is 11.3. The summed E-state index contributed by atoms with van der Waals surface area (Å²) in [6.45, 7) is 0.688. The molecular formula is C8H19NO6S2. The predicted molar refractivity (Wildman–Crippen MR) is 64.0 cm³/mol. The summed E-state index contributed by atoms with van der Waals surface area (Å²) in [6.07, 6.45) is 1.46. The van der Waals surface area contributed by atoms with Gasteiger partial charge in [-0.2, -0.15) is 0 Å². The molecule has 0 spiro atoms. The molecule has 0 atom stereocenters. The summed E-state index contributed by atoms with van der Waals surface area (Å²) in [7, 11) is -6.81. The Morgan fingerprint density at radius 3 is 2.29 bits per heavy atom. The van der Waals surface area contributed by atoms with Crippen LogP contribution in [0, 0.1) is 0 Å². The van der Waals surface area contributed by atoms with Crippen molar-refractivity contribution in [2.75, 3.05) is 44.1 Å². The van der Waals surface area contributed by atoms with Crippen molar-refractivity contribution >= 4 is 19.9 Å². The first-order valence-corrected chi connectivity index (χ1v) is 8.82. The molecule has 0 amide bonds. The zero-order chi connectivity index (χ0) is 13.4. The zero-order valence-corrected chi connectivity index (χ0v) is 11.4. The van der Waals surface area contributed by atoms with E-state index >= 15 is 0 Å². The molecule has 0 aliphatic rings. The van der Waals surface area contributed by atoms with E-state index in [1.54, 1.807) is 0 Å². The van der Waals surface area contributed by atoms with Gasteiger partial charge in [-0.05, 0) is 6.42 Å². The summed E-state index contributed by atoms with van der Waals surface area (Å²) >= 11 is 0. The van der Waals surface area contributed by atoms with Crippen molar-refractivity contribution in [1.29, 1.82) is 0 Å². The molecule has 2 N–H and O–H groups in total. The molecule has 17 heavy (non-hydrogen) atoms. The topological polar surface area (TPSA) is 110 Å². The van der Waals surface area contributed by atoms with Crippen LogP contribution in [0.2, 0.25) is 0 Å². The van der Waals surface area contributed by atoms with Crippen LogP contribution in [0.3, 0.4) is 0 Å². The van der Waals surface area contributed by atoms with Gasteiger partial charge in [-0.15, -0.1) is 0 Å². The lowest BCUT2D eigenvalue weighted by Gasteiger charge is -2.06. The van der Waals surface area contributed by atoms with Crippen LogP contribution in [0.4, 0.5) is 0 Å². The number of ether oxygens (including phenoxy) is 1. The van der Waals surface area contributed by atoms with Crippen molar-refractivity contribution in [3.63, 3.8) is 0 Å². The first-order valence-electron chi connectivity index (χ1n) is 5.10. The molecular weight excluding hydrogens is 270 g/mol. The Bertz CT molecular complexity index is 388. The summed E-state index contributed by atoms with van der Waals surface area (Å²) in [6, 6.07) is 0. The first-order chi connectivity index (χ1) is 7.77. The number of rotatable bonds is 10. The van der Waals surface area contributed by atoms with Crippen LogP contribution in [-0.4, -0.2) is 66.1 Å². The Morgan fingerprint density at radius 1 is 1.12 bits per heavy atom. The Kier molecular flexibility index (Phi) is 7.88. The average Bonchev–Trinajstić information content (AvgIpc) is 2.20. The number of aliphatic hydroxyl groups is 1. The minimum atomic E-state index is -3.54. The van der Waals surface area contributed by atoms with Gasteiger partial charge in [0.1, 0.15) is 9.84 Å². The molecule has 0 aromatic rings. The molecule has 0 unspecified atom stereocenters. The molecule has 0 bridgehead atoms. The van der Waals surface area contributed by atoms with Crippen LogP contribution < -0.4 is 4.72 Å². The summed E-state index contributed by atoms with van der Waals surface area (Å²) < 4.78 is 51.4. The Balaban J connectivity index is 3.72. The largest absolute Gasteiger partial charge is 0.394 e. The summed E-state index contributed by atoms with van der Waals surface area (Å²) in [5.74, 6) is -0.813. The zero-order valence-electron chi connectivity index (χ0n) is 9.75. The van der Waals surface area contributed by atoms with E-state index in [4.69, 9.17) is 9.84 Å². The number of sulfone groups is 1. The van der Waals surface area contributed by atoms with Gasteiger partial charge in [0.15, 0.2) is 0 Å². The van der Waals surface area contributed by atoms with E-state index in [2.05, 4.69) is 4.72 Å². The van der Waals surface area contributed by atoms with Gasteiger partial charge in [-0.1, -0.05) is 0 Å². The van der Waals surface area contributed by atoms with Crippen molar-refractivity contribution < 1.29 is 26.7 Å². The van der Waals surface area contributed by atoms with E-state index < -0.39 is 25.6 Å². The van der Waals surface area contributed by atoms with Crippen LogP contribution in [-0.2, 0) is 24.6 Å². The van der Waals surface area contributed by atoms with Crippen molar-refractivity contribution in [1.82, 2.24) is 4.72 Å². The molecule has 7 nitrogen and oxygen atoms in total. The molecule has 9 heteroatoms. The predicted octanol–water partition coefficient (Wildman–Crippen LogP) is -1.65. The molecule has 0 radical (unpaired) electrons. The Morgan fingerprint density at radius 2 is 1.76 bits per heavy atom. The number of hydrogen-bond acceptors (Lipinski definition) is 6.